The number of nitrogens with zero attached hydrogens (tertiary/aromatic N) is 1. The van der Waals surface area contributed by atoms with Crippen LogP contribution in [0.5, 0.6) is 0 Å². The molecular formula is C15H27F3N2. The highest BCUT2D eigenvalue weighted by Gasteiger charge is 2.34. The van der Waals surface area contributed by atoms with Crippen molar-refractivity contribution in [2.24, 2.45) is 11.8 Å². The molecule has 1 heterocycles. The summed E-state index contributed by atoms with van der Waals surface area (Å²) in [6.45, 7) is 3.56. The van der Waals surface area contributed by atoms with Gasteiger partial charge in [0, 0.05) is 12.6 Å². The molecule has 2 aliphatic rings. The van der Waals surface area contributed by atoms with E-state index in [2.05, 4.69) is 12.2 Å². The molecule has 0 aromatic heterocycles. The molecule has 0 bridgehead atoms. The zero-order valence-corrected chi connectivity index (χ0v) is 12.4. The Bertz CT molecular complexity index is 293. The van der Waals surface area contributed by atoms with Gasteiger partial charge in [-0.3, -0.25) is 4.90 Å². The molecule has 1 saturated carbocycles. The highest BCUT2D eigenvalue weighted by molar-refractivity contribution is 4.84. The number of alkyl halides is 3. The van der Waals surface area contributed by atoms with Gasteiger partial charge in [0.1, 0.15) is 0 Å². The molecule has 0 amide bonds. The number of hydrogen-bond donors (Lipinski definition) is 1. The summed E-state index contributed by atoms with van der Waals surface area (Å²) in [5.74, 6) is 1.15. The Labute approximate surface area is 120 Å². The number of halogens is 3. The molecule has 118 valence electrons. The van der Waals surface area contributed by atoms with Crippen molar-refractivity contribution in [1.29, 1.82) is 0 Å². The lowest BCUT2D eigenvalue weighted by Gasteiger charge is -2.32. The Balaban J connectivity index is 1.70. The third-order valence-corrected chi connectivity index (χ3v) is 4.88. The number of hydrogen-bond acceptors (Lipinski definition) is 2. The van der Waals surface area contributed by atoms with Crippen molar-refractivity contribution in [3.63, 3.8) is 0 Å². The largest absolute Gasteiger partial charge is 0.401 e. The second-order valence-corrected chi connectivity index (χ2v) is 6.47. The van der Waals surface area contributed by atoms with Crippen LogP contribution in [-0.2, 0) is 0 Å². The van der Waals surface area contributed by atoms with Gasteiger partial charge in [0.05, 0.1) is 6.54 Å². The Morgan fingerprint density at radius 1 is 1.15 bits per heavy atom. The minimum absolute atomic E-state index is 0.386. The molecule has 5 heteroatoms. The van der Waals surface area contributed by atoms with Crippen LogP contribution < -0.4 is 5.32 Å². The molecule has 20 heavy (non-hydrogen) atoms. The van der Waals surface area contributed by atoms with Gasteiger partial charge in [0.25, 0.3) is 0 Å². The van der Waals surface area contributed by atoms with Gasteiger partial charge in [0.2, 0.25) is 0 Å². The Kier molecular flexibility index (Phi) is 5.73. The van der Waals surface area contributed by atoms with E-state index in [1.54, 1.807) is 4.90 Å². The summed E-state index contributed by atoms with van der Waals surface area (Å²) in [6.07, 6.45) is 3.21. The second kappa shape index (κ2) is 7.12. The van der Waals surface area contributed by atoms with E-state index >= 15 is 0 Å². The lowest BCUT2D eigenvalue weighted by atomic mass is 9.82. The zero-order chi connectivity index (χ0) is 14.6. The van der Waals surface area contributed by atoms with Crippen molar-refractivity contribution in [2.75, 3.05) is 26.2 Å². The van der Waals surface area contributed by atoms with Gasteiger partial charge in [-0.25, -0.2) is 0 Å². The normalized spacial score (nSPS) is 32.7. The number of nitrogens with one attached hydrogen (secondary N) is 1. The molecule has 0 radical (unpaired) electrons. The summed E-state index contributed by atoms with van der Waals surface area (Å²) >= 11 is 0. The average Bonchev–Trinajstić information content (AvgIpc) is 2.82. The summed E-state index contributed by atoms with van der Waals surface area (Å²) in [4.78, 5) is 1.55. The van der Waals surface area contributed by atoms with Crippen LogP contribution in [0.1, 0.15) is 45.4 Å². The maximum absolute atomic E-state index is 12.4. The van der Waals surface area contributed by atoms with Crippen LogP contribution in [0.25, 0.3) is 0 Å². The highest BCUT2D eigenvalue weighted by Crippen LogP contribution is 2.28. The maximum atomic E-state index is 12.4. The van der Waals surface area contributed by atoms with Crippen LogP contribution in [0.2, 0.25) is 0 Å². The first-order valence-corrected chi connectivity index (χ1v) is 8.00. The Morgan fingerprint density at radius 2 is 1.90 bits per heavy atom. The third kappa shape index (κ3) is 4.92. The van der Waals surface area contributed by atoms with Gasteiger partial charge in [-0.1, -0.05) is 26.2 Å². The summed E-state index contributed by atoms with van der Waals surface area (Å²) in [5.41, 5.74) is 0. The van der Waals surface area contributed by atoms with Crippen molar-refractivity contribution in [1.82, 2.24) is 10.2 Å². The molecule has 1 N–H and O–H groups in total. The van der Waals surface area contributed by atoms with Gasteiger partial charge in [-0.15, -0.1) is 0 Å². The monoisotopic (exact) mass is 292 g/mol. The predicted molar refractivity (Wildman–Crippen MR) is 74.6 cm³/mol. The van der Waals surface area contributed by atoms with Gasteiger partial charge < -0.3 is 5.32 Å². The number of likely N-dealkylation sites (tertiary alicyclic amines) is 1. The van der Waals surface area contributed by atoms with Crippen LogP contribution in [0.15, 0.2) is 0 Å². The fourth-order valence-electron chi connectivity index (χ4n) is 3.76. The second-order valence-electron chi connectivity index (χ2n) is 6.47. The predicted octanol–water partition coefficient (Wildman–Crippen LogP) is 3.43. The average molecular weight is 292 g/mol. The van der Waals surface area contributed by atoms with Crippen molar-refractivity contribution in [3.8, 4) is 0 Å². The topological polar surface area (TPSA) is 15.3 Å². The standard InChI is InChI=1S/C15H27F3N2/c1-2-13-5-3-4-6-14(13)19-9-12-7-8-20(10-12)11-15(16,17)18/h12-14,19H,2-11H2,1H3. The number of rotatable bonds is 5. The van der Waals surface area contributed by atoms with Gasteiger partial charge in [-0.05, 0) is 44.2 Å². The van der Waals surface area contributed by atoms with E-state index in [-0.39, 0.29) is 0 Å². The van der Waals surface area contributed by atoms with E-state index in [1.807, 2.05) is 0 Å². The van der Waals surface area contributed by atoms with Crippen molar-refractivity contribution in [3.05, 3.63) is 0 Å². The summed E-state index contributed by atoms with van der Waals surface area (Å²) < 4.78 is 37.1. The molecule has 1 aliphatic carbocycles. The summed E-state index contributed by atoms with van der Waals surface area (Å²) in [5, 5.41) is 3.64. The molecule has 0 aromatic carbocycles. The molecule has 1 aliphatic heterocycles. The molecule has 1 saturated heterocycles. The minimum atomic E-state index is -4.06. The molecule has 2 nitrogen and oxygen atoms in total. The molecule has 2 fully saturated rings. The SMILES string of the molecule is CCC1CCCCC1NCC1CCN(CC(F)(F)F)C1. The molecule has 0 aromatic rings. The molecular weight excluding hydrogens is 265 g/mol. The van der Waals surface area contributed by atoms with E-state index in [1.165, 1.54) is 32.1 Å². The van der Waals surface area contributed by atoms with E-state index in [9.17, 15) is 13.2 Å². The molecule has 0 spiro atoms. The van der Waals surface area contributed by atoms with E-state index in [0.717, 1.165) is 18.9 Å². The van der Waals surface area contributed by atoms with E-state index in [0.29, 0.717) is 25.0 Å². The highest BCUT2D eigenvalue weighted by atomic mass is 19.4. The first-order valence-electron chi connectivity index (χ1n) is 8.00. The van der Waals surface area contributed by atoms with Gasteiger partial charge in [-0.2, -0.15) is 13.2 Å². The fourth-order valence-corrected chi connectivity index (χ4v) is 3.76. The Morgan fingerprint density at radius 3 is 2.60 bits per heavy atom. The van der Waals surface area contributed by atoms with Crippen molar-refractivity contribution in [2.45, 2.75) is 57.7 Å². The molecule has 3 atom stereocenters. The van der Waals surface area contributed by atoms with Crippen LogP contribution in [-0.4, -0.2) is 43.3 Å². The maximum Gasteiger partial charge on any atom is 0.401 e. The van der Waals surface area contributed by atoms with E-state index < -0.39 is 12.7 Å². The van der Waals surface area contributed by atoms with Gasteiger partial charge in [0.15, 0.2) is 0 Å². The van der Waals surface area contributed by atoms with Crippen LogP contribution in [0.3, 0.4) is 0 Å². The van der Waals surface area contributed by atoms with Crippen LogP contribution >= 0.6 is 0 Å². The van der Waals surface area contributed by atoms with E-state index in [4.69, 9.17) is 0 Å². The zero-order valence-electron chi connectivity index (χ0n) is 12.4. The first kappa shape index (κ1) is 16.1. The fraction of sp³-hybridized carbons (Fsp3) is 1.00. The summed E-state index contributed by atoms with van der Waals surface area (Å²) in [7, 11) is 0. The minimum Gasteiger partial charge on any atom is -0.313 e. The van der Waals surface area contributed by atoms with Gasteiger partial charge >= 0.3 is 6.18 Å². The van der Waals surface area contributed by atoms with Crippen molar-refractivity contribution < 1.29 is 13.2 Å². The third-order valence-electron chi connectivity index (χ3n) is 4.88. The summed E-state index contributed by atoms with van der Waals surface area (Å²) in [6, 6.07) is 0.588. The smallest absolute Gasteiger partial charge is 0.313 e. The molecule has 2 rings (SSSR count). The van der Waals surface area contributed by atoms with Crippen LogP contribution in [0.4, 0.5) is 13.2 Å². The Hall–Kier alpha value is -0.290. The lowest BCUT2D eigenvalue weighted by molar-refractivity contribution is -0.143. The first-order chi connectivity index (χ1) is 9.48. The quantitative estimate of drug-likeness (QED) is 0.835. The van der Waals surface area contributed by atoms with Crippen LogP contribution in [0, 0.1) is 11.8 Å². The van der Waals surface area contributed by atoms with Crippen molar-refractivity contribution >= 4 is 0 Å². The molecule has 3 unspecified atom stereocenters. The lowest BCUT2D eigenvalue weighted by Crippen LogP contribution is -2.41.